The van der Waals surface area contributed by atoms with E-state index in [-0.39, 0.29) is 11.3 Å². The van der Waals surface area contributed by atoms with Gasteiger partial charge in [-0.05, 0) is 55.2 Å². The highest BCUT2D eigenvalue weighted by Gasteiger charge is 2.26. The number of nitrogens with one attached hydrogen (secondary N) is 2. The van der Waals surface area contributed by atoms with Crippen molar-refractivity contribution < 1.29 is 22.0 Å². The maximum absolute atomic E-state index is 13.4. The molecule has 0 aromatic heterocycles. The molecule has 0 aliphatic rings. The van der Waals surface area contributed by atoms with Crippen LogP contribution in [0.2, 0.25) is 0 Å². The monoisotopic (exact) mass is 428 g/mol. The number of sulfonamides is 1. The minimum Gasteiger partial charge on any atom is -0.348 e. The van der Waals surface area contributed by atoms with E-state index in [1.54, 1.807) is 25.1 Å². The van der Waals surface area contributed by atoms with Crippen LogP contribution in [0.5, 0.6) is 0 Å². The number of benzene rings is 2. The average molecular weight is 429 g/mol. The molecule has 0 bridgehead atoms. The molecule has 1 amide bonds. The van der Waals surface area contributed by atoms with Crippen molar-refractivity contribution >= 4 is 27.7 Å². The Labute approximate surface area is 168 Å². The molecule has 0 saturated carbocycles. The van der Waals surface area contributed by atoms with Gasteiger partial charge < -0.3 is 5.32 Å². The Morgan fingerprint density at radius 1 is 1.11 bits per heavy atom. The first-order chi connectivity index (χ1) is 13.2. The van der Waals surface area contributed by atoms with Crippen LogP contribution < -0.4 is 10.0 Å². The molecule has 2 aromatic rings. The summed E-state index contributed by atoms with van der Waals surface area (Å²) in [5, 5.41) is 2.66. The lowest BCUT2D eigenvalue weighted by molar-refractivity contribution is -0.123. The van der Waals surface area contributed by atoms with Gasteiger partial charge in [-0.1, -0.05) is 24.3 Å². The molecule has 5 nitrogen and oxygen atoms in total. The van der Waals surface area contributed by atoms with Crippen molar-refractivity contribution in [2.45, 2.75) is 30.3 Å². The van der Waals surface area contributed by atoms with Gasteiger partial charge in [-0.2, -0.15) is 16.5 Å². The van der Waals surface area contributed by atoms with E-state index in [9.17, 15) is 22.0 Å². The first-order valence-corrected chi connectivity index (χ1v) is 11.4. The number of amides is 1. The van der Waals surface area contributed by atoms with Crippen LogP contribution in [0.1, 0.15) is 24.9 Å². The van der Waals surface area contributed by atoms with Gasteiger partial charge in [0.05, 0.1) is 10.9 Å². The Bertz CT molecular complexity index is 909. The van der Waals surface area contributed by atoms with E-state index >= 15 is 0 Å². The number of rotatable bonds is 9. The van der Waals surface area contributed by atoms with E-state index in [4.69, 9.17) is 0 Å². The summed E-state index contributed by atoms with van der Waals surface area (Å²) in [6, 6.07) is 9.50. The van der Waals surface area contributed by atoms with Gasteiger partial charge in [0.1, 0.15) is 6.04 Å². The molecule has 152 valence electrons. The molecule has 9 heteroatoms. The van der Waals surface area contributed by atoms with Gasteiger partial charge in [0.15, 0.2) is 11.6 Å². The number of hydrogen-bond donors (Lipinski definition) is 2. The van der Waals surface area contributed by atoms with Crippen LogP contribution >= 0.6 is 11.8 Å². The van der Waals surface area contributed by atoms with Gasteiger partial charge in [0, 0.05) is 0 Å². The van der Waals surface area contributed by atoms with Gasteiger partial charge in [-0.15, -0.1) is 0 Å². The van der Waals surface area contributed by atoms with Gasteiger partial charge >= 0.3 is 0 Å². The Morgan fingerprint density at radius 3 is 2.39 bits per heavy atom. The largest absolute Gasteiger partial charge is 0.348 e. The molecular formula is C19H22F2N2O3S2. The molecule has 2 unspecified atom stereocenters. The zero-order valence-corrected chi connectivity index (χ0v) is 17.1. The summed E-state index contributed by atoms with van der Waals surface area (Å²) in [7, 11) is -3.88. The van der Waals surface area contributed by atoms with Crippen LogP contribution in [0.25, 0.3) is 0 Å². The number of carbonyl (C=O) groups excluding carboxylic acids is 1. The third-order valence-electron chi connectivity index (χ3n) is 4.08. The third-order valence-corrected chi connectivity index (χ3v) is 6.21. The maximum atomic E-state index is 13.4. The van der Waals surface area contributed by atoms with Gasteiger partial charge in [-0.3, -0.25) is 4.79 Å². The van der Waals surface area contributed by atoms with Crippen molar-refractivity contribution in [3.8, 4) is 0 Å². The van der Waals surface area contributed by atoms with Gasteiger partial charge in [0.2, 0.25) is 15.9 Å². The summed E-state index contributed by atoms with van der Waals surface area (Å²) < 4.78 is 54.1. The molecule has 2 rings (SSSR count). The van der Waals surface area contributed by atoms with E-state index < -0.39 is 39.6 Å². The highest BCUT2D eigenvalue weighted by molar-refractivity contribution is 7.98. The van der Waals surface area contributed by atoms with E-state index in [1.807, 2.05) is 6.26 Å². The van der Waals surface area contributed by atoms with Crippen LogP contribution in [0.3, 0.4) is 0 Å². The van der Waals surface area contributed by atoms with Crippen LogP contribution in [0, 0.1) is 11.6 Å². The maximum Gasteiger partial charge on any atom is 0.241 e. The van der Waals surface area contributed by atoms with E-state index in [2.05, 4.69) is 10.0 Å². The second-order valence-electron chi connectivity index (χ2n) is 6.17. The number of halogens is 2. The summed E-state index contributed by atoms with van der Waals surface area (Å²) in [5.74, 6) is -1.96. The highest BCUT2D eigenvalue weighted by Crippen LogP contribution is 2.17. The standard InChI is InChI=1S/C19H22F2N2O3S2/c1-13(14-8-9-16(20)17(21)12-14)22-19(24)18(10-11-27-2)23-28(25,26)15-6-4-3-5-7-15/h3-9,12-13,18,23H,10-11H2,1-2H3,(H,22,24). The predicted molar refractivity (Wildman–Crippen MR) is 106 cm³/mol. The summed E-state index contributed by atoms with van der Waals surface area (Å²) in [4.78, 5) is 12.7. The topological polar surface area (TPSA) is 75.3 Å². The smallest absolute Gasteiger partial charge is 0.241 e. The summed E-state index contributed by atoms with van der Waals surface area (Å²) >= 11 is 1.48. The molecule has 0 radical (unpaired) electrons. The molecule has 0 heterocycles. The number of carbonyl (C=O) groups is 1. The molecule has 0 aliphatic carbocycles. The predicted octanol–water partition coefficient (Wildman–Crippen LogP) is 3.24. The summed E-state index contributed by atoms with van der Waals surface area (Å²) in [6.07, 6.45) is 2.13. The normalized spacial score (nSPS) is 13.7. The Balaban J connectivity index is 2.15. The molecule has 0 spiro atoms. The van der Waals surface area contributed by atoms with Gasteiger partial charge in [0.25, 0.3) is 0 Å². The van der Waals surface area contributed by atoms with Crippen molar-refractivity contribution in [2.75, 3.05) is 12.0 Å². The Kier molecular flexibility index (Phi) is 7.97. The first-order valence-electron chi connectivity index (χ1n) is 8.56. The van der Waals surface area contributed by atoms with E-state index in [0.717, 1.165) is 12.1 Å². The van der Waals surface area contributed by atoms with Crippen molar-refractivity contribution in [2.24, 2.45) is 0 Å². The lowest BCUT2D eigenvalue weighted by Gasteiger charge is -2.21. The Hall–Kier alpha value is -1.97. The fourth-order valence-electron chi connectivity index (χ4n) is 2.51. The van der Waals surface area contributed by atoms with Crippen LogP contribution in [0.15, 0.2) is 53.4 Å². The molecule has 2 atom stereocenters. The molecule has 0 aliphatic heterocycles. The van der Waals surface area contributed by atoms with Crippen molar-refractivity contribution in [3.05, 3.63) is 65.7 Å². The molecule has 2 N–H and O–H groups in total. The molecule has 0 saturated heterocycles. The van der Waals surface area contributed by atoms with Gasteiger partial charge in [-0.25, -0.2) is 17.2 Å². The van der Waals surface area contributed by atoms with Crippen molar-refractivity contribution in [3.63, 3.8) is 0 Å². The van der Waals surface area contributed by atoms with E-state index in [1.165, 1.54) is 30.0 Å². The lowest BCUT2D eigenvalue weighted by Crippen LogP contribution is -2.47. The molecule has 0 fully saturated rings. The molecular weight excluding hydrogens is 406 g/mol. The lowest BCUT2D eigenvalue weighted by atomic mass is 10.1. The second-order valence-corrected chi connectivity index (χ2v) is 8.87. The van der Waals surface area contributed by atoms with Crippen LogP contribution in [0.4, 0.5) is 8.78 Å². The zero-order valence-electron chi connectivity index (χ0n) is 15.5. The number of thioether (sulfide) groups is 1. The summed E-state index contributed by atoms with van der Waals surface area (Å²) in [6.45, 7) is 1.61. The quantitative estimate of drug-likeness (QED) is 0.643. The fourth-order valence-corrected chi connectivity index (χ4v) is 4.24. The minimum atomic E-state index is -3.88. The molecule has 2 aromatic carbocycles. The van der Waals surface area contributed by atoms with Crippen molar-refractivity contribution in [1.82, 2.24) is 10.0 Å². The highest BCUT2D eigenvalue weighted by atomic mass is 32.2. The second kappa shape index (κ2) is 9.99. The first kappa shape index (κ1) is 22.3. The summed E-state index contributed by atoms with van der Waals surface area (Å²) in [5.41, 5.74) is 0.377. The Morgan fingerprint density at radius 2 is 1.79 bits per heavy atom. The van der Waals surface area contributed by atoms with Crippen LogP contribution in [-0.4, -0.2) is 32.4 Å². The SMILES string of the molecule is CSCCC(NS(=O)(=O)c1ccccc1)C(=O)NC(C)c1ccc(F)c(F)c1. The molecule has 28 heavy (non-hydrogen) atoms. The third kappa shape index (κ3) is 6.02. The fraction of sp³-hybridized carbons (Fsp3) is 0.316. The zero-order chi connectivity index (χ0) is 20.7. The van der Waals surface area contributed by atoms with Crippen LogP contribution in [-0.2, 0) is 14.8 Å². The van der Waals surface area contributed by atoms with E-state index in [0.29, 0.717) is 11.3 Å². The minimum absolute atomic E-state index is 0.0607. The van der Waals surface area contributed by atoms with Crippen molar-refractivity contribution in [1.29, 1.82) is 0 Å². The number of hydrogen-bond acceptors (Lipinski definition) is 4. The average Bonchev–Trinajstić information content (AvgIpc) is 2.67.